The number of methoxy groups -OCH3 is 1. The molecule has 0 spiro atoms. The molecule has 0 aliphatic carbocycles. The van der Waals surface area contributed by atoms with E-state index in [1.165, 1.54) is 19.2 Å². The topological polar surface area (TPSA) is 84.1 Å². The van der Waals surface area contributed by atoms with Crippen molar-refractivity contribution in [3.8, 4) is 16.3 Å². The molecule has 2 heterocycles. The molecular formula is C16H16ClN3O3S2. The number of sulfonamides is 1. The zero-order valence-electron chi connectivity index (χ0n) is 13.3. The minimum atomic E-state index is -3.74. The van der Waals surface area contributed by atoms with Crippen LogP contribution in [0.25, 0.3) is 10.6 Å². The van der Waals surface area contributed by atoms with Crippen molar-refractivity contribution in [1.82, 2.24) is 14.7 Å². The minimum absolute atomic E-state index is 0.0191. The van der Waals surface area contributed by atoms with E-state index in [4.69, 9.17) is 16.3 Å². The normalized spacial score (nSPS) is 11.6. The van der Waals surface area contributed by atoms with Crippen LogP contribution in [0.5, 0.6) is 5.75 Å². The van der Waals surface area contributed by atoms with Gasteiger partial charge in [-0.25, -0.2) is 18.1 Å². The van der Waals surface area contributed by atoms with Gasteiger partial charge in [0, 0.05) is 23.7 Å². The summed E-state index contributed by atoms with van der Waals surface area (Å²) in [5.41, 5.74) is 1.72. The third-order valence-corrected chi connectivity index (χ3v) is 6.15. The second-order valence-electron chi connectivity index (χ2n) is 5.15. The lowest BCUT2D eigenvalue weighted by Crippen LogP contribution is -2.26. The summed E-state index contributed by atoms with van der Waals surface area (Å²) < 4.78 is 32.8. The molecule has 0 fully saturated rings. The van der Waals surface area contributed by atoms with Gasteiger partial charge in [-0.3, -0.25) is 0 Å². The molecule has 0 bridgehead atoms. The number of hydrogen-bond acceptors (Lipinski definition) is 5. The van der Waals surface area contributed by atoms with Crippen LogP contribution < -0.4 is 9.46 Å². The molecule has 0 aliphatic rings. The van der Waals surface area contributed by atoms with Gasteiger partial charge in [-0.1, -0.05) is 17.7 Å². The van der Waals surface area contributed by atoms with E-state index in [1.54, 1.807) is 23.7 Å². The number of aromatic amines is 1. The molecule has 0 aliphatic heterocycles. The van der Waals surface area contributed by atoms with Gasteiger partial charge in [0.15, 0.2) is 0 Å². The van der Waals surface area contributed by atoms with E-state index >= 15 is 0 Å². The molecule has 0 amide bonds. The van der Waals surface area contributed by atoms with E-state index < -0.39 is 10.0 Å². The van der Waals surface area contributed by atoms with Crippen molar-refractivity contribution in [3.63, 3.8) is 0 Å². The number of hydrogen-bond donors (Lipinski definition) is 2. The van der Waals surface area contributed by atoms with Crippen molar-refractivity contribution in [1.29, 1.82) is 0 Å². The number of benzene rings is 1. The molecule has 3 aromatic rings. The number of nitrogens with one attached hydrogen (secondary N) is 2. The highest BCUT2D eigenvalue weighted by Gasteiger charge is 2.20. The highest BCUT2D eigenvalue weighted by molar-refractivity contribution is 7.89. The maximum atomic E-state index is 12.5. The smallest absolute Gasteiger partial charge is 0.244 e. The third-order valence-electron chi connectivity index (χ3n) is 3.56. The molecule has 132 valence electrons. The highest BCUT2D eigenvalue weighted by atomic mass is 35.5. The van der Waals surface area contributed by atoms with Crippen molar-refractivity contribution in [2.75, 3.05) is 13.7 Å². The maximum Gasteiger partial charge on any atom is 0.244 e. The molecule has 0 atom stereocenters. The highest BCUT2D eigenvalue weighted by Crippen LogP contribution is 2.27. The molecule has 25 heavy (non-hydrogen) atoms. The van der Waals surface area contributed by atoms with Crippen molar-refractivity contribution in [2.45, 2.75) is 11.3 Å². The third kappa shape index (κ3) is 4.04. The molecule has 2 N–H and O–H groups in total. The van der Waals surface area contributed by atoms with Crippen LogP contribution in [0.3, 0.4) is 0 Å². The maximum absolute atomic E-state index is 12.5. The van der Waals surface area contributed by atoms with Crippen molar-refractivity contribution < 1.29 is 13.2 Å². The number of H-pyrrole nitrogens is 1. The predicted octanol–water partition coefficient (Wildman–Crippen LogP) is 3.32. The Balaban J connectivity index is 1.72. The minimum Gasteiger partial charge on any atom is -0.495 e. The number of rotatable bonds is 7. The molecule has 0 unspecified atom stereocenters. The second kappa shape index (κ2) is 7.57. The van der Waals surface area contributed by atoms with E-state index in [-0.39, 0.29) is 17.2 Å². The van der Waals surface area contributed by atoms with Gasteiger partial charge in [0.05, 0.1) is 18.3 Å². The van der Waals surface area contributed by atoms with Gasteiger partial charge in [-0.2, -0.15) is 0 Å². The summed E-state index contributed by atoms with van der Waals surface area (Å²) in [7, 11) is -2.32. The summed E-state index contributed by atoms with van der Waals surface area (Å²) in [6, 6.07) is 8.41. The van der Waals surface area contributed by atoms with Crippen LogP contribution in [-0.4, -0.2) is 32.0 Å². The van der Waals surface area contributed by atoms with E-state index in [2.05, 4.69) is 14.7 Å². The fraction of sp³-hybridized carbons (Fsp3) is 0.188. The van der Waals surface area contributed by atoms with Gasteiger partial charge in [-0.15, -0.1) is 11.3 Å². The van der Waals surface area contributed by atoms with Gasteiger partial charge >= 0.3 is 0 Å². The molecule has 3 rings (SSSR count). The Morgan fingerprint density at radius 3 is 2.92 bits per heavy atom. The number of halogens is 1. The fourth-order valence-electron chi connectivity index (χ4n) is 2.39. The molecule has 9 heteroatoms. The average molecular weight is 398 g/mol. The summed E-state index contributed by atoms with van der Waals surface area (Å²) >= 11 is 7.50. The van der Waals surface area contributed by atoms with Crippen LogP contribution in [-0.2, 0) is 16.4 Å². The summed E-state index contributed by atoms with van der Waals surface area (Å²) in [6.45, 7) is 0.221. The van der Waals surface area contributed by atoms with Crippen LogP contribution in [0.1, 0.15) is 5.69 Å². The molecule has 0 radical (unpaired) electrons. The number of ether oxygens (including phenoxy) is 1. The lowest BCUT2D eigenvalue weighted by atomic mass is 10.2. The lowest BCUT2D eigenvalue weighted by Gasteiger charge is -2.11. The monoisotopic (exact) mass is 397 g/mol. The Labute approximate surface area is 154 Å². The summed E-state index contributed by atoms with van der Waals surface area (Å²) in [4.78, 5) is 8.43. The van der Waals surface area contributed by atoms with E-state index in [9.17, 15) is 8.42 Å². The van der Waals surface area contributed by atoms with Gasteiger partial charge in [0.1, 0.15) is 16.3 Å². The molecule has 0 saturated carbocycles. The Morgan fingerprint density at radius 1 is 1.36 bits per heavy atom. The summed E-state index contributed by atoms with van der Waals surface area (Å²) in [5, 5.41) is 2.30. The first-order valence-electron chi connectivity index (χ1n) is 7.40. The van der Waals surface area contributed by atoms with E-state index in [1.807, 2.05) is 17.5 Å². The van der Waals surface area contributed by atoms with E-state index in [0.717, 1.165) is 16.3 Å². The molecule has 0 saturated heterocycles. The Hall–Kier alpha value is -1.87. The van der Waals surface area contributed by atoms with Crippen LogP contribution in [0.4, 0.5) is 0 Å². The Kier molecular flexibility index (Phi) is 5.43. The van der Waals surface area contributed by atoms with Crippen molar-refractivity contribution >= 4 is 33.0 Å². The summed E-state index contributed by atoms with van der Waals surface area (Å²) in [5.74, 6) is 0.248. The van der Waals surface area contributed by atoms with Crippen LogP contribution in [0.2, 0.25) is 5.02 Å². The van der Waals surface area contributed by atoms with Crippen LogP contribution >= 0.6 is 22.9 Å². The number of imidazole rings is 1. The number of nitrogens with zero attached hydrogens (tertiary/aromatic N) is 1. The second-order valence-corrected chi connectivity index (χ2v) is 8.27. The van der Waals surface area contributed by atoms with Gasteiger partial charge in [-0.05, 0) is 29.6 Å². The van der Waals surface area contributed by atoms with Gasteiger partial charge < -0.3 is 9.72 Å². The average Bonchev–Trinajstić information content (AvgIpc) is 3.25. The first kappa shape index (κ1) is 17.9. The zero-order chi connectivity index (χ0) is 17.9. The molecule has 6 nitrogen and oxygen atoms in total. The predicted molar refractivity (Wildman–Crippen MR) is 98.8 cm³/mol. The first-order valence-corrected chi connectivity index (χ1v) is 10.1. The molecule has 1 aromatic carbocycles. The SMILES string of the molecule is COc1ccc(Cl)cc1S(=O)(=O)NCCc1[nH]cnc1-c1cccs1. The van der Waals surface area contributed by atoms with Crippen LogP contribution in [0, 0.1) is 0 Å². The lowest BCUT2D eigenvalue weighted by molar-refractivity contribution is 0.402. The van der Waals surface area contributed by atoms with Crippen LogP contribution in [0.15, 0.2) is 46.9 Å². The van der Waals surface area contributed by atoms with E-state index in [0.29, 0.717) is 11.4 Å². The quantitative estimate of drug-likeness (QED) is 0.640. The zero-order valence-corrected chi connectivity index (χ0v) is 15.7. The largest absolute Gasteiger partial charge is 0.495 e. The Morgan fingerprint density at radius 2 is 2.20 bits per heavy atom. The standard InChI is InChI=1S/C16H16ClN3O3S2/c1-23-13-5-4-11(17)9-15(13)25(21,22)20-7-6-12-16(19-10-18-12)14-3-2-8-24-14/h2-5,8-10,20H,6-7H2,1H3,(H,18,19). The molecular weight excluding hydrogens is 382 g/mol. The molecule has 2 aromatic heterocycles. The number of aromatic nitrogens is 2. The van der Waals surface area contributed by atoms with Gasteiger partial charge in [0.2, 0.25) is 10.0 Å². The van der Waals surface area contributed by atoms with Crippen molar-refractivity contribution in [3.05, 3.63) is 52.8 Å². The Bertz CT molecular complexity index is 953. The van der Waals surface area contributed by atoms with Crippen molar-refractivity contribution in [2.24, 2.45) is 0 Å². The first-order chi connectivity index (χ1) is 12.0. The number of thiophene rings is 1. The summed E-state index contributed by atoms with van der Waals surface area (Å²) in [6.07, 6.45) is 2.09. The van der Waals surface area contributed by atoms with Gasteiger partial charge in [0.25, 0.3) is 0 Å². The fourth-order valence-corrected chi connectivity index (χ4v) is 4.60.